The lowest BCUT2D eigenvalue weighted by Gasteiger charge is -2.28. The number of amides is 3. The molecule has 0 aliphatic carbocycles. The van der Waals surface area contributed by atoms with E-state index in [-0.39, 0.29) is 17.8 Å². The normalized spacial score (nSPS) is 18.7. The van der Waals surface area contributed by atoms with E-state index in [0.29, 0.717) is 0 Å². The summed E-state index contributed by atoms with van der Waals surface area (Å²) in [5.41, 5.74) is 2.08. The number of imide groups is 1. The van der Waals surface area contributed by atoms with Crippen molar-refractivity contribution in [2.75, 3.05) is 18.0 Å². The summed E-state index contributed by atoms with van der Waals surface area (Å²) in [5, 5.41) is 2.55. The van der Waals surface area contributed by atoms with Crippen molar-refractivity contribution in [3.05, 3.63) is 71.2 Å². The molecule has 144 valence electrons. The van der Waals surface area contributed by atoms with Gasteiger partial charge in [-0.3, -0.25) is 9.69 Å². The molecular weight excluding hydrogens is 357 g/mol. The SMILES string of the molecule is O=C1NC(=Cc2ccc(N3CCCCC3)cc2F)C(=O)N1Cc1ccccc1. The van der Waals surface area contributed by atoms with Gasteiger partial charge in [0.1, 0.15) is 11.5 Å². The van der Waals surface area contributed by atoms with Crippen LogP contribution in [0.25, 0.3) is 6.08 Å². The van der Waals surface area contributed by atoms with Crippen LogP contribution in [0, 0.1) is 5.82 Å². The van der Waals surface area contributed by atoms with Gasteiger partial charge in [0.05, 0.1) is 6.54 Å². The summed E-state index contributed by atoms with van der Waals surface area (Å²) in [6, 6.07) is 13.8. The molecule has 2 aromatic carbocycles. The van der Waals surface area contributed by atoms with Gasteiger partial charge in [0, 0.05) is 24.3 Å². The van der Waals surface area contributed by atoms with Gasteiger partial charge < -0.3 is 10.2 Å². The molecule has 5 nitrogen and oxygen atoms in total. The predicted octanol–water partition coefficient (Wildman–Crippen LogP) is 3.91. The summed E-state index contributed by atoms with van der Waals surface area (Å²) in [7, 11) is 0. The molecule has 0 atom stereocenters. The van der Waals surface area contributed by atoms with Gasteiger partial charge in [0.25, 0.3) is 5.91 Å². The molecule has 3 amide bonds. The number of hydrogen-bond donors (Lipinski definition) is 1. The number of nitrogens with one attached hydrogen (secondary N) is 1. The van der Waals surface area contributed by atoms with Gasteiger partial charge in [-0.1, -0.05) is 30.3 Å². The smallest absolute Gasteiger partial charge is 0.329 e. The summed E-state index contributed by atoms with van der Waals surface area (Å²) >= 11 is 0. The molecule has 0 saturated carbocycles. The van der Waals surface area contributed by atoms with Crippen LogP contribution in [-0.2, 0) is 11.3 Å². The van der Waals surface area contributed by atoms with Crippen molar-refractivity contribution in [1.82, 2.24) is 10.2 Å². The van der Waals surface area contributed by atoms with E-state index in [2.05, 4.69) is 10.2 Å². The van der Waals surface area contributed by atoms with Crippen LogP contribution in [0.15, 0.2) is 54.2 Å². The first-order valence-corrected chi connectivity index (χ1v) is 9.55. The van der Waals surface area contributed by atoms with Crippen molar-refractivity contribution in [2.24, 2.45) is 0 Å². The number of urea groups is 1. The minimum Gasteiger partial charge on any atom is -0.371 e. The van der Waals surface area contributed by atoms with Gasteiger partial charge in [-0.05, 0) is 49.1 Å². The molecule has 2 aliphatic rings. The Balaban J connectivity index is 1.52. The van der Waals surface area contributed by atoms with Crippen molar-refractivity contribution in [3.8, 4) is 0 Å². The van der Waals surface area contributed by atoms with Gasteiger partial charge in [0.2, 0.25) is 0 Å². The Morgan fingerprint density at radius 3 is 2.46 bits per heavy atom. The summed E-state index contributed by atoms with van der Waals surface area (Å²) < 4.78 is 14.6. The summed E-state index contributed by atoms with van der Waals surface area (Å²) in [6.45, 7) is 2.05. The summed E-state index contributed by atoms with van der Waals surface area (Å²) in [6.07, 6.45) is 4.85. The fourth-order valence-corrected chi connectivity index (χ4v) is 3.62. The average Bonchev–Trinajstić information content (AvgIpc) is 2.98. The molecule has 2 aromatic rings. The molecule has 0 bridgehead atoms. The van der Waals surface area contributed by atoms with Gasteiger partial charge in [-0.2, -0.15) is 0 Å². The van der Waals surface area contributed by atoms with Gasteiger partial charge in [-0.25, -0.2) is 9.18 Å². The van der Waals surface area contributed by atoms with Crippen LogP contribution in [-0.4, -0.2) is 29.9 Å². The second-order valence-corrected chi connectivity index (χ2v) is 7.12. The summed E-state index contributed by atoms with van der Waals surface area (Å²) in [5.74, 6) is -0.854. The molecular formula is C22H22FN3O2. The molecule has 1 N–H and O–H groups in total. The second-order valence-electron chi connectivity index (χ2n) is 7.12. The van der Waals surface area contributed by atoms with E-state index in [9.17, 15) is 14.0 Å². The third kappa shape index (κ3) is 3.76. The molecule has 0 aromatic heterocycles. The third-order valence-corrected chi connectivity index (χ3v) is 5.15. The Kier molecular flexibility index (Phi) is 5.10. The van der Waals surface area contributed by atoms with Gasteiger partial charge in [-0.15, -0.1) is 0 Å². The highest BCUT2D eigenvalue weighted by Gasteiger charge is 2.33. The zero-order valence-electron chi connectivity index (χ0n) is 15.5. The highest BCUT2D eigenvalue weighted by molar-refractivity contribution is 6.13. The fraction of sp³-hybridized carbons (Fsp3) is 0.273. The Morgan fingerprint density at radius 1 is 1.00 bits per heavy atom. The Bertz CT molecular complexity index is 921. The van der Waals surface area contributed by atoms with Crippen LogP contribution in [0.2, 0.25) is 0 Å². The molecule has 0 radical (unpaired) electrons. The largest absolute Gasteiger partial charge is 0.371 e. The molecule has 2 heterocycles. The first-order valence-electron chi connectivity index (χ1n) is 9.55. The number of rotatable bonds is 4. The number of hydrogen-bond acceptors (Lipinski definition) is 3. The zero-order valence-corrected chi connectivity index (χ0v) is 15.5. The number of piperidine rings is 1. The molecule has 0 spiro atoms. The Labute approximate surface area is 163 Å². The van der Waals surface area contributed by atoms with E-state index in [0.717, 1.165) is 42.1 Å². The first kappa shape index (κ1) is 18.2. The number of carbonyl (C=O) groups excluding carboxylic acids is 2. The first-order chi connectivity index (χ1) is 13.6. The van der Waals surface area contributed by atoms with Crippen LogP contribution < -0.4 is 10.2 Å². The lowest BCUT2D eigenvalue weighted by Crippen LogP contribution is -2.30. The number of nitrogens with zero attached hydrogens (tertiary/aromatic N) is 2. The van der Waals surface area contributed by atoms with Crippen LogP contribution in [0.4, 0.5) is 14.9 Å². The van der Waals surface area contributed by atoms with Crippen molar-refractivity contribution in [1.29, 1.82) is 0 Å². The number of carbonyl (C=O) groups is 2. The van der Waals surface area contributed by atoms with Crippen LogP contribution >= 0.6 is 0 Å². The average molecular weight is 379 g/mol. The lowest BCUT2D eigenvalue weighted by molar-refractivity contribution is -0.123. The molecule has 4 rings (SSSR count). The second kappa shape index (κ2) is 7.84. The van der Waals surface area contributed by atoms with Crippen molar-refractivity contribution >= 4 is 23.7 Å². The van der Waals surface area contributed by atoms with E-state index < -0.39 is 17.8 Å². The lowest BCUT2D eigenvalue weighted by atomic mass is 10.1. The van der Waals surface area contributed by atoms with E-state index in [1.165, 1.54) is 18.6 Å². The highest BCUT2D eigenvalue weighted by Crippen LogP contribution is 2.24. The monoisotopic (exact) mass is 379 g/mol. The molecule has 2 saturated heterocycles. The minimum absolute atomic E-state index is 0.0885. The van der Waals surface area contributed by atoms with Gasteiger partial charge >= 0.3 is 6.03 Å². The van der Waals surface area contributed by atoms with Crippen molar-refractivity contribution in [2.45, 2.75) is 25.8 Å². The molecule has 0 unspecified atom stereocenters. The van der Waals surface area contributed by atoms with Crippen LogP contribution in [0.3, 0.4) is 0 Å². The van der Waals surface area contributed by atoms with Crippen molar-refractivity contribution < 1.29 is 14.0 Å². The van der Waals surface area contributed by atoms with E-state index in [1.807, 2.05) is 36.4 Å². The standard InChI is InChI=1S/C22H22FN3O2/c23-19-14-18(25-11-5-2-6-12-25)10-9-17(19)13-20-21(27)26(22(28)24-20)15-16-7-3-1-4-8-16/h1,3-4,7-10,13-14H,2,5-6,11-12,15H2,(H,24,28). The number of benzene rings is 2. The maximum Gasteiger partial charge on any atom is 0.329 e. The third-order valence-electron chi connectivity index (χ3n) is 5.15. The van der Waals surface area contributed by atoms with Crippen molar-refractivity contribution in [3.63, 3.8) is 0 Å². The number of halogens is 1. The zero-order chi connectivity index (χ0) is 19.5. The van der Waals surface area contributed by atoms with E-state index >= 15 is 0 Å². The molecule has 6 heteroatoms. The predicted molar refractivity (Wildman–Crippen MR) is 106 cm³/mol. The van der Waals surface area contributed by atoms with E-state index in [4.69, 9.17) is 0 Å². The Hall–Kier alpha value is -3.15. The highest BCUT2D eigenvalue weighted by atomic mass is 19.1. The molecule has 2 aliphatic heterocycles. The van der Waals surface area contributed by atoms with E-state index in [1.54, 1.807) is 6.07 Å². The van der Waals surface area contributed by atoms with Gasteiger partial charge in [0.15, 0.2) is 0 Å². The molecule has 28 heavy (non-hydrogen) atoms. The van der Waals surface area contributed by atoms with Crippen LogP contribution in [0.1, 0.15) is 30.4 Å². The Morgan fingerprint density at radius 2 is 1.75 bits per heavy atom. The maximum absolute atomic E-state index is 14.6. The molecule has 2 fully saturated rings. The van der Waals surface area contributed by atoms with Crippen LogP contribution in [0.5, 0.6) is 0 Å². The summed E-state index contributed by atoms with van der Waals surface area (Å²) in [4.78, 5) is 28.1. The fourth-order valence-electron chi connectivity index (χ4n) is 3.62. The number of anilines is 1. The topological polar surface area (TPSA) is 52.7 Å². The quantitative estimate of drug-likeness (QED) is 0.647. The minimum atomic E-state index is -0.495. The maximum atomic E-state index is 14.6.